The summed E-state index contributed by atoms with van der Waals surface area (Å²) in [6, 6.07) is 12.7. The molecule has 0 bridgehead atoms. The SMILES string of the molecule is Cc1ccc(C)c(S(=O)(=O)Nc2ccc(Sc3nccn3C)cc2)c1. The zero-order valence-electron chi connectivity index (χ0n) is 14.2. The Balaban J connectivity index is 1.79. The highest BCUT2D eigenvalue weighted by atomic mass is 32.2. The van der Waals surface area contributed by atoms with E-state index in [0.717, 1.165) is 21.2 Å². The molecule has 5 nitrogen and oxygen atoms in total. The van der Waals surface area contributed by atoms with E-state index in [2.05, 4.69) is 9.71 Å². The minimum atomic E-state index is -3.61. The molecule has 0 amide bonds. The summed E-state index contributed by atoms with van der Waals surface area (Å²) < 4.78 is 29.8. The van der Waals surface area contributed by atoms with Gasteiger partial charge in [-0.3, -0.25) is 4.72 Å². The van der Waals surface area contributed by atoms with E-state index in [0.29, 0.717) is 10.6 Å². The number of anilines is 1. The van der Waals surface area contributed by atoms with Gasteiger partial charge in [0.1, 0.15) is 0 Å². The van der Waals surface area contributed by atoms with Gasteiger partial charge in [-0.05, 0) is 55.3 Å². The van der Waals surface area contributed by atoms with Gasteiger partial charge in [0.2, 0.25) is 0 Å². The zero-order chi connectivity index (χ0) is 18.0. The first-order valence-electron chi connectivity index (χ1n) is 7.70. The summed E-state index contributed by atoms with van der Waals surface area (Å²) in [6.45, 7) is 3.67. The summed E-state index contributed by atoms with van der Waals surface area (Å²) in [4.78, 5) is 5.56. The summed E-state index contributed by atoms with van der Waals surface area (Å²) >= 11 is 1.52. The Labute approximate surface area is 152 Å². The third-order valence-electron chi connectivity index (χ3n) is 3.73. The third kappa shape index (κ3) is 4.05. The molecular formula is C18H19N3O2S2. The van der Waals surface area contributed by atoms with Crippen LogP contribution in [0.2, 0.25) is 0 Å². The van der Waals surface area contributed by atoms with Gasteiger partial charge < -0.3 is 4.57 Å². The largest absolute Gasteiger partial charge is 0.329 e. The number of nitrogens with zero attached hydrogens (tertiary/aromatic N) is 2. The van der Waals surface area contributed by atoms with Gasteiger partial charge in [0.15, 0.2) is 5.16 Å². The molecular weight excluding hydrogens is 354 g/mol. The van der Waals surface area contributed by atoms with Crippen molar-refractivity contribution in [1.29, 1.82) is 0 Å². The van der Waals surface area contributed by atoms with Gasteiger partial charge in [-0.25, -0.2) is 13.4 Å². The molecule has 0 unspecified atom stereocenters. The number of rotatable bonds is 5. The molecule has 2 aromatic carbocycles. The molecule has 3 rings (SSSR count). The van der Waals surface area contributed by atoms with Crippen molar-refractivity contribution in [2.75, 3.05) is 4.72 Å². The van der Waals surface area contributed by atoms with E-state index in [-0.39, 0.29) is 0 Å². The topological polar surface area (TPSA) is 64.0 Å². The lowest BCUT2D eigenvalue weighted by atomic mass is 10.2. The third-order valence-corrected chi connectivity index (χ3v) is 6.33. The van der Waals surface area contributed by atoms with Crippen LogP contribution in [0.15, 0.2) is 69.8 Å². The molecule has 1 N–H and O–H groups in total. The Morgan fingerprint density at radius 3 is 2.44 bits per heavy atom. The second kappa shape index (κ2) is 6.93. The maximum absolute atomic E-state index is 12.6. The molecule has 3 aromatic rings. The van der Waals surface area contributed by atoms with Crippen LogP contribution < -0.4 is 4.72 Å². The van der Waals surface area contributed by atoms with Gasteiger partial charge >= 0.3 is 0 Å². The van der Waals surface area contributed by atoms with Gasteiger partial charge in [-0.1, -0.05) is 23.9 Å². The van der Waals surface area contributed by atoms with Crippen LogP contribution in [0.3, 0.4) is 0 Å². The normalized spacial score (nSPS) is 11.5. The van der Waals surface area contributed by atoms with E-state index in [4.69, 9.17) is 0 Å². The van der Waals surface area contributed by atoms with E-state index >= 15 is 0 Å². The quantitative estimate of drug-likeness (QED) is 0.734. The lowest BCUT2D eigenvalue weighted by molar-refractivity contribution is 0.600. The molecule has 1 heterocycles. The van der Waals surface area contributed by atoms with Crippen molar-refractivity contribution in [1.82, 2.24) is 9.55 Å². The fraction of sp³-hybridized carbons (Fsp3) is 0.167. The van der Waals surface area contributed by atoms with Crippen molar-refractivity contribution < 1.29 is 8.42 Å². The summed E-state index contributed by atoms with van der Waals surface area (Å²) in [7, 11) is -1.68. The first-order chi connectivity index (χ1) is 11.8. The number of hydrogen-bond acceptors (Lipinski definition) is 4. The summed E-state index contributed by atoms with van der Waals surface area (Å²) in [6.07, 6.45) is 3.63. The maximum atomic E-state index is 12.6. The van der Waals surface area contributed by atoms with Gasteiger partial charge in [0, 0.05) is 30.0 Å². The van der Waals surface area contributed by atoms with E-state index < -0.39 is 10.0 Å². The van der Waals surface area contributed by atoms with Crippen LogP contribution in [0.4, 0.5) is 5.69 Å². The van der Waals surface area contributed by atoms with E-state index in [1.54, 1.807) is 31.3 Å². The Bertz CT molecular complexity index is 993. The first kappa shape index (κ1) is 17.6. The fourth-order valence-electron chi connectivity index (χ4n) is 2.35. The summed E-state index contributed by atoms with van der Waals surface area (Å²) in [5.41, 5.74) is 2.16. The van der Waals surface area contributed by atoms with Crippen molar-refractivity contribution in [3.63, 3.8) is 0 Å². The molecule has 0 aliphatic rings. The lowest BCUT2D eigenvalue weighted by Crippen LogP contribution is -2.14. The van der Waals surface area contributed by atoms with Crippen molar-refractivity contribution in [2.45, 2.75) is 28.8 Å². The van der Waals surface area contributed by atoms with E-state index in [1.165, 1.54) is 11.8 Å². The summed E-state index contributed by atoms with van der Waals surface area (Å²) in [5.74, 6) is 0. The highest BCUT2D eigenvalue weighted by molar-refractivity contribution is 7.99. The van der Waals surface area contributed by atoms with E-state index in [1.807, 2.05) is 49.0 Å². The minimum Gasteiger partial charge on any atom is -0.329 e. The molecule has 130 valence electrons. The number of aryl methyl sites for hydroxylation is 3. The Morgan fingerprint density at radius 2 is 1.80 bits per heavy atom. The average Bonchev–Trinajstić information content (AvgIpc) is 2.96. The Kier molecular flexibility index (Phi) is 4.87. The molecule has 7 heteroatoms. The van der Waals surface area contributed by atoms with Crippen molar-refractivity contribution in [3.8, 4) is 0 Å². The second-order valence-electron chi connectivity index (χ2n) is 5.82. The molecule has 0 aliphatic carbocycles. The number of imidazole rings is 1. The van der Waals surface area contributed by atoms with Crippen LogP contribution in [0.5, 0.6) is 0 Å². The van der Waals surface area contributed by atoms with Gasteiger partial charge in [-0.2, -0.15) is 0 Å². The lowest BCUT2D eigenvalue weighted by Gasteiger charge is -2.11. The predicted molar refractivity (Wildman–Crippen MR) is 100 cm³/mol. The maximum Gasteiger partial charge on any atom is 0.262 e. The fourth-order valence-corrected chi connectivity index (χ4v) is 4.54. The number of nitrogens with one attached hydrogen (secondary N) is 1. The van der Waals surface area contributed by atoms with E-state index in [9.17, 15) is 8.42 Å². The van der Waals surface area contributed by atoms with Crippen LogP contribution in [-0.2, 0) is 17.1 Å². The van der Waals surface area contributed by atoms with Crippen LogP contribution in [0, 0.1) is 13.8 Å². The Hall–Kier alpha value is -2.25. The van der Waals surface area contributed by atoms with Crippen molar-refractivity contribution in [2.24, 2.45) is 7.05 Å². The minimum absolute atomic E-state index is 0.305. The molecule has 0 saturated heterocycles. The predicted octanol–water partition coefficient (Wildman–Crippen LogP) is 3.99. The molecule has 0 spiro atoms. The van der Waals surface area contributed by atoms with Crippen LogP contribution in [-0.4, -0.2) is 18.0 Å². The van der Waals surface area contributed by atoms with Crippen LogP contribution in [0.25, 0.3) is 0 Å². The molecule has 0 fully saturated rings. The van der Waals surface area contributed by atoms with Crippen LogP contribution >= 0.6 is 11.8 Å². The Morgan fingerprint density at radius 1 is 1.08 bits per heavy atom. The van der Waals surface area contributed by atoms with Crippen molar-refractivity contribution in [3.05, 3.63) is 66.0 Å². The number of aromatic nitrogens is 2. The smallest absolute Gasteiger partial charge is 0.262 e. The average molecular weight is 374 g/mol. The standard InChI is InChI=1S/C18H19N3O2S2/c1-13-4-5-14(2)17(12-13)25(22,23)20-15-6-8-16(9-7-15)24-18-19-10-11-21(18)3/h4-12,20H,1-3H3. The van der Waals surface area contributed by atoms with Crippen molar-refractivity contribution >= 4 is 27.5 Å². The highest BCUT2D eigenvalue weighted by Gasteiger charge is 2.17. The monoisotopic (exact) mass is 373 g/mol. The molecule has 0 aliphatic heterocycles. The first-order valence-corrected chi connectivity index (χ1v) is 10.0. The van der Waals surface area contributed by atoms with Crippen LogP contribution in [0.1, 0.15) is 11.1 Å². The van der Waals surface area contributed by atoms with Gasteiger partial charge in [-0.15, -0.1) is 0 Å². The molecule has 1 aromatic heterocycles. The number of hydrogen-bond donors (Lipinski definition) is 1. The zero-order valence-corrected chi connectivity index (χ0v) is 15.9. The summed E-state index contributed by atoms with van der Waals surface area (Å²) in [5, 5.41) is 0.878. The molecule has 0 saturated carbocycles. The second-order valence-corrected chi connectivity index (χ2v) is 8.51. The van der Waals surface area contributed by atoms with Gasteiger partial charge in [0.05, 0.1) is 4.90 Å². The highest BCUT2D eigenvalue weighted by Crippen LogP contribution is 2.28. The number of benzene rings is 2. The molecule has 0 radical (unpaired) electrons. The molecule has 25 heavy (non-hydrogen) atoms. The number of sulfonamides is 1. The molecule has 0 atom stereocenters. The van der Waals surface area contributed by atoms with Gasteiger partial charge in [0.25, 0.3) is 10.0 Å².